The van der Waals surface area contributed by atoms with E-state index in [2.05, 4.69) is 40.8 Å². The van der Waals surface area contributed by atoms with Gasteiger partial charge in [0.05, 0.1) is 3.57 Å². The van der Waals surface area contributed by atoms with Crippen molar-refractivity contribution in [3.63, 3.8) is 0 Å². The molecular formula is C12H5IO. The van der Waals surface area contributed by atoms with Gasteiger partial charge in [-0.2, -0.15) is 0 Å². The smallest absolute Gasteiger partial charge is 0.148 e. The van der Waals surface area contributed by atoms with Crippen molar-refractivity contribution in [2.24, 2.45) is 0 Å². The molecular weight excluding hydrogens is 287 g/mol. The first-order valence-electron chi connectivity index (χ1n) is 4.25. The van der Waals surface area contributed by atoms with E-state index in [1.165, 1.54) is 0 Å². The van der Waals surface area contributed by atoms with E-state index in [0.717, 1.165) is 25.5 Å². The number of rotatable bonds is 0. The van der Waals surface area contributed by atoms with Crippen LogP contribution in [0.5, 0.6) is 0 Å². The van der Waals surface area contributed by atoms with Gasteiger partial charge in [0.25, 0.3) is 0 Å². The first kappa shape index (κ1) is 8.13. The maximum Gasteiger partial charge on any atom is 0.148 e. The molecule has 0 saturated carbocycles. The van der Waals surface area contributed by atoms with Gasteiger partial charge in [0, 0.05) is 22.9 Å². The largest absolute Gasteiger partial charge is 0.454 e. The Morgan fingerprint density at radius 2 is 1.93 bits per heavy atom. The molecule has 3 aromatic rings. The summed E-state index contributed by atoms with van der Waals surface area (Å²) in [5.74, 6) is 0. The van der Waals surface area contributed by atoms with E-state index < -0.39 is 0 Å². The second-order valence-electron chi connectivity index (χ2n) is 3.07. The zero-order valence-corrected chi connectivity index (χ0v) is 9.33. The van der Waals surface area contributed by atoms with E-state index in [1.807, 2.05) is 24.3 Å². The van der Waals surface area contributed by atoms with Crippen LogP contribution in [0.2, 0.25) is 0 Å². The molecule has 3 rings (SSSR count). The molecule has 1 aromatic heterocycles. The highest BCUT2D eigenvalue weighted by Gasteiger charge is 2.07. The third kappa shape index (κ3) is 1.02. The maximum absolute atomic E-state index is 5.72. The minimum atomic E-state index is 0.878. The van der Waals surface area contributed by atoms with Crippen molar-refractivity contribution in [1.29, 1.82) is 0 Å². The molecule has 0 saturated heterocycles. The Balaban J connectivity index is 2.63. The zero-order chi connectivity index (χ0) is 9.54. The lowest BCUT2D eigenvalue weighted by molar-refractivity contribution is 0.666. The van der Waals surface area contributed by atoms with Gasteiger partial charge < -0.3 is 4.42 Å². The Kier molecular flexibility index (Phi) is 1.68. The summed E-state index contributed by atoms with van der Waals surface area (Å²) >= 11 is 2.28. The van der Waals surface area contributed by atoms with Gasteiger partial charge in [-0.1, -0.05) is 24.3 Å². The molecule has 14 heavy (non-hydrogen) atoms. The summed E-state index contributed by atoms with van der Waals surface area (Å²) in [6.07, 6.45) is 0. The van der Waals surface area contributed by atoms with Crippen molar-refractivity contribution in [2.45, 2.75) is 0 Å². The van der Waals surface area contributed by atoms with Crippen LogP contribution in [0, 0.1) is 15.7 Å². The third-order valence-corrected chi connectivity index (χ3v) is 3.09. The minimum absolute atomic E-state index is 0.878. The van der Waals surface area contributed by atoms with Crippen LogP contribution in [-0.4, -0.2) is 0 Å². The minimum Gasteiger partial charge on any atom is -0.454 e. The van der Waals surface area contributed by atoms with Crippen molar-refractivity contribution in [2.75, 3.05) is 0 Å². The second kappa shape index (κ2) is 2.89. The number of furan rings is 1. The van der Waals surface area contributed by atoms with Crippen LogP contribution in [-0.2, 0) is 0 Å². The van der Waals surface area contributed by atoms with E-state index in [4.69, 9.17) is 4.42 Å². The zero-order valence-electron chi connectivity index (χ0n) is 7.17. The monoisotopic (exact) mass is 292 g/mol. The molecule has 0 radical (unpaired) electrons. The Bertz CT molecular complexity index is 610. The van der Waals surface area contributed by atoms with Crippen LogP contribution in [0.4, 0.5) is 0 Å². The number of benzene rings is 1. The molecule has 0 bridgehead atoms. The first-order chi connectivity index (χ1) is 6.86. The second-order valence-corrected chi connectivity index (χ2v) is 4.24. The Morgan fingerprint density at radius 3 is 2.86 bits per heavy atom. The van der Waals surface area contributed by atoms with Gasteiger partial charge in [0.2, 0.25) is 0 Å². The molecule has 0 amide bonds. The summed E-state index contributed by atoms with van der Waals surface area (Å²) in [4.78, 5) is 0. The van der Waals surface area contributed by atoms with Gasteiger partial charge in [0.15, 0.2) is 0 Å². The van der Waals surface area contributed by atoms with Gasteiger partial charge in [0.1, 0.15) is 11.2 Å². The summed E-state index contributed by atoms with van der Waals surface area (Å²) in [5, 5.41) is 2.26. The molecule has 1 nitrogen and oxygen atoms in total. The predicted octanol–water partition coefficient (Wildman–Crippen LogP) is 3.79. The summed E-state index contributed by atoms with van der Waals surface area (Å²) in [7, 11) is 0. The quantitative estimate of drug-likeness (QED) is 0.575. The van der Waals surface area contributed by atoms with Crippen LogP contribution in [0.25, 0.3) is 21.9 Å². The van der Waals surface area contributed by atoms with Crippen molar-refractivity contribution < 1.29 is 4.42 Å². The average molecular weight is 292 g/mol. The van der Waals surface area contributed by atoms with Crippen LogP contribution in [0.3, 0.4) is 0 Å². The van der Waals surface area contributed by atoms with Gasteiger partial charge in [-0.05, 0) is 28.7 Å². The first-order valence-corrected chi connectivity index (χ1v) is 5.32. The van der Waals surface area contributed by atoms with Crippen molar-refractivity contribution in [3.05, 3.63) is 46.0 Å². The van der Waals surface area contributed by atoms with Crippen molar-refractivity contribution in [3.8, 4) is 0 Å². The fourth-order valence-electron chi connectivity index (χ4n) is 1.60. The standard InChI is InChI=1S/C12H5IO/c13-10-6-3-5-9-8-4-1-2-7-11(8)14-12(9)10/h3-7H. The van der Waals surface area contributed by atoms with Gasteiger partial charge in [-0.25, -0.2) is 0 Å². The van der Waals surface area contributed by atoms with E-state index in [0.29, 0.717) is 0 Å². The number of fused-ring (bicyclic) bond motifs is 3. The number of hydrogen-bond donors (Lipinski definition) is 0. The van der Waals surface area contributed by atoms with Gasteiger partial charge >= 0.3 is 0 Å². The maximum atomic E-state index is 5.72. The van der Waals surface area contributed by atoms with Crippen LogP contribution in [0.1, 0.15) is 0 Å². The number of para-hydroxylation sites is 1. The molecule has 1 heterocycles. The Hall–Kier alpha value is -1.21. The molecule has 0 aliphatic rings. The number of hydrogen-bond acceptors (Lipinski definition) is 1. The molecule has 2 heteroatoms. The SMILES string of the molecule is Ic1cccc2c1oc1cc#ccc12. The molecule has 0 atom stereocenters. The molecule has 0 aliphatic heterocycles. The third-order valence-electron chi connectivity index (χ3n) is 2.24. The van der Waals surface area contributed by atoms with Crippen LogP contribution in [0.15, 0.2) is 34.7 Å². The highest BCUT2D eigenvalue weighted by atomic mass is 127. The summed E-state index contributed by atoms with van der Waals surface area (Å²) in [6.45, 7) is 0. The average Bonchev–Trinajstić information content (AvgIpc) is 2.59. The van der Waals surface area contributed by atoms with Crippen molar-refractivity contribution >= 4 is 44.5 Å². The molecule has 0 fully saturated rings. The molecule has 2 aromatic carbocycles. The molecule has 0 unspecified atom stereocenters. The Morgan fingerprint density at radius 1 is 1.07 bits per heavy atom. The lowest BCUT2D eigenvalue weighted by Gasteiger charge is -1.89. The fraction of sp³-hybridized carbons (Fsp3) is 0. The van der Waals surface area contributed by atoms with E-state index in [9.17, 15) is 0 Å². The van der Waals surface area contributed by atoms with Crippen LogP contribution >= 0.6 is 22.6 Å². The van der Waals surface area contributed by atoms with Crippen molar-refractivity contribution in [1.82, 2.24) is 0 Å². The fourth-order valence-corrected chi connectivity index (χ4v) is 2.21. The van der Waals surface area contributed by atoms with Crippen LogP contribution < -0.4 is 0 Å². The Labute approximate surface area is 94.9 Å². The summed E-state index contributed by atoms with van der Waals surface area (Å²) < 4.78 is 6.86. The predicted molar refractivity (Wildman–Crippen MR) is 64.1 cm³/mol. The normalized spacial score (nSPS) is 10.6. The summed E-state index contributed by atoms with van der Waals surface area (Å²) in [5.41, 5.74) is 1.83. The molecule has 66 valence electrons. The molecule has 0 spiro atoms. The van der Waals surface area contributed by atoms with E-state index >= 15 is 0 Å². The van der Waals surface area contributed by atoms with E-state index in [1.54, 1.807) is 0 Å². The highest BCUT2D eigenvalue weighted by molar-refractivity contribution is 14.1. The lowest BCUT2D eigenvalue weighted by atomic mass is 10.2. The number of halogens is 1. The van der Waals surface area contributed by atoms with Gasteiger partial charge in [-0.15, -0.1) is 0 Å². The van der Waals surface area contributed by atoms with E-state index in [-0.39, 0.29) is 0 Å². The molecule has 0 N–H and O–H groups in total. The summed E-state index contributed by atoms with van der Waals surface area (Å²) in [6, 6.07) is 15.7. The highest BCUT2D eigenvalue weighted by Crippen LogP contribution is 2.30. The van der Waals surface area contributed by atoms with Gasteiger partial charge in [-0.3, -0.25) is 0 Å². The lowest BCUT2D eigenvalue weighted by Crippen LogP contribution is -1.69. The molecule has 0 aliphatic carbocycles. The topological polar surface area (TPSA) is 13.1 Å².